The molecule has 0 saturated heterocycles. The summed E-state index contributed by atoms with van der Waals surface area (Å²) in [7, 11) is 0. The standard InChI is InChI=1S/C12H16N2O2/c1-9-13(15)11(12(2,3)14(9)16)10-7-5-4-6-8-10/h4-9,16H,1-3H3/t9-/m0/s1. The Balaban J connectivity index is 2.55. The third-order valence-electron chi connectivity index (χ3n) is 3.11. The van der Waals surface area contributed by atoms with Gasteiger partial charge in [-0.15, -0.1) is 5.06 Å². The third kappa shape index (κ3) is 1.42. The molecule has 0 bridgehead atoms. The smallest absolute Gasteiger partial charge is 0.238 e. The molecule has 86 valence electrons. The second-order valence-corrected chi connectivity index (χ2v) is 4.58. The first-order chi connectivity index (χ1) is 7.46. The molecular weight excluding hydrogens is 204 g/mol. The summed E-state index contributed by atoms with van der Waals surface area (Å²) in [6, 6.07) is 9.44. The molecule has 1 aromatic rings. The van der Waals surface area contributed by atoms with Gasteiger partial charge in [0.2, 0.25) is 11.9 Å². The van der Waals surface area contributed by atoms with Crippen LogP contribution < -0.4 is 0 Å². The molecule has 0 spiro atoms. The summed E-state index contributed by atoms with van der Waals surface area (Å²) in [4.78, 5) is 0. The van der Waals surface area contributed by atoms with Crippen LogP contribution >= 0.6 is 0 Å². The first-order valence-electron chi connectivity index (χ1n) is 5.33. The van der Waals surface area contributed by atoms with E-state index in [9.17, 15) is 10.4 Å². The highest BCUT2D eigenvalue weighted by molar-refractivity contribution is 6.04. The van der Waals surface area contributed by atoms with Crippen molar-refractivity contribution >= 4 is 5.71 Å². The monoisotopic (exact) mass is 220 g/mol. The average Bonchev–Trinajstić information content (AvgIpc) is 2.41. The molecule has 16 heavy (non-hydrogen) atoms. The third-order valence-corrected chi connectivity index (χ3v) is 3.11. The van der Waals surface area contributed by atoms with Crippen LogP contribution in [-0.2, 0) is 0 Å². The first kappa shape index (κ1) is 11.1. The minimum atomic E-state index is -0.664. The minimum Gasteiger partial charge on any atom is -0.622 e. The zero-order valence-electron chi connectivity index (χ0n) is 9.71. The normalized spacial score (nSPS) is 25.1. The zero-order valence-corrected chi connectivity index (χ0v) is 9.71. The maximum atomic E-state index is 12.0. The molecule has 1 heterocycles. The van der Waals surface area contributed by atoms with Crippen molar-refractivity contribution in [3.8, 4) is 0 Å². The topological polar surface area (TPSA) is 49.5 Å². The largest absolute Gasteiger partial charge is 0.622 e. The van der Waals surface area contributed by atoms with Gasteiger partial charge in [-0.3, -0.25) is 0 Å². The molecule has 1 aliphatic rings. The molecule has 0 aromatic heterocycles. The maximum absolute atomic E-state index is 12.0. The van der Waals surface area contributed by atoms with Crippen molar-refractivity contribution < 1.29 is 9.95 Å². The molecule has 4 nitrogen and oxygen atoms in total. The Labute approximate surface area is 95.0 Å². The molecule has 1 aliphatic heterocycles. The van der Waals surface area contributed by atoms with Crippen molar-refractivity contribution in [3.63, 3.8) is 0 Å². The molecule has 0 unspecified atom stereocenters. The van der Waals surface area contributed by atoms with Crippen LogP contribution in [0.3, 0.4) is 0 Å². The second-order valence-electron chi connectivity index (χ2n) is 4.58. The number of hydrogen-bond acceptors (Lipinski definition) is 3. The van der Waals surface area contributed by atoms with Gasteiger partial charge in [0.05, 0.1) is 0 Å². The van der Waals surface area contributed by atoms with Crippen molar-refractivity contribution in [2.75, 3.05) is 0 Å². The summed E-state index contributed by atoms with van der Waals surface area (Å²) in [5.74, 6) is 0. The quantitative estimate of drug-likeness (QED) is 0.580. The van der Waals surface area contributed by atoms with Crippen LogP contribution in [0, 0.1) is 5.21 Å². The van der Waals surface area contributed by atoms with Gasteiger partial charge in [0.1, 0.15) is 5.54 Å². The van der Waals surface area contributed by atoms with E-state index in [2.05, 4.69) is 0 Å². The highest BCUT2D eigenvalue weighted by Crippen LogP contribution is 2.28. The van der Waals surface area contributed by atoms with E-state index in [0.717, 1.165) is 15.4 Å². The van der Waals surface area contributed by atoms with Gasteiger partial charge in [0.15, 0.2) is 0 Å². The summed E-state index contributed by atoms with van der Waals surface area (Å²) >= 11 is 0. The fourth-order valence-electron chi connectivity index (χ4n) is 2.21. The minimum absolute atomic E-state index is 0.551. The number of nitrogens with zero attached hydrogens (tertiary/aromatic N) is 2. The van der Waals surface area contributed by atoms with Crippen LogP contribution in [0.5, 0.6) is 0 Å². The first-order valence-corrected chi connectivity index (χ1v) is 5.33. The Kier molecular flexibility index (Phi) is 2.48. The summed E-state index contributed by atoms with van der Waals surface area (Å²) in [5, 5.41) is 23.0. The molecule has 0 radical (unpaired) electrons. The molecule has 0 aliphatic carbocycles. The van der Waals surface area contributed by atoms with Gasteiger partial charge in [0.25, 0.3) is 0 Å². The summed E-state index contributed by atoms with van der Waals surface area (Å²) in [5.41, 5.74) is 0.789. The summed E-state index contributed by atoms with van der Waals surface area (Å²) < 4.78 is 0.870. The Hall–Kier alpha value is -1.39. The Morgan fingerprint density at radius 1 is 1.31 bits per heavy atom. The SMILES string of the molecule is C[C@@H]1N(O)C(C)(C)C(c2ccccc2)=[N+]1[O-]. The van der Waals surface area contributed by atoms with Gasteiger partial charge in [-0.05, 0) is 26.0 Å². The molecule has 0 fully saturated rings. The summed E-state index contributed by atoms with van der Waals surface area (Å²) in [6.07, 6.45) is -0.551. The fourth-order valence-corrected chi connectivity index (χ4v) is 2.21. The van der Waals surface area contributed by atoms with Gasteiger partial charge in [-0.1, -0.05) is 18.2 Å². The van der Waals surface area contributed by atoms with Crippen LogP contribution in [0.1, 0.15) is 26.3 Å². The van der Waals surface area contributed by atoms with E-state index in [1.54, 1.807) is 6.92 Å². The number of hydrogen-bond donors (Lipinski definition) is 1. The highest BCUT2D eigenvalue weighted by Gasteiger charge is 2.49. The maximum Gasteiger partial charge on any atom is 0.238 e. The highest BCUT2D eigenvalue weighted by atomic mass is 16.5. The van der Waals surface area contributed by atoms with E-state index in [4.69, 9.17) is 0 Å². The van der Waals surface area contributed by atoms with E-state index in [1.165, 1.54) is 0 Å². The van der Waals surface area contributed by atoms with Gasteiger partial charge in [-0.25, -0.2) is 0 Å². The molecule has 0 amide bonds. The van der Waals surface area contributed by atoms with E-state index >= 15 is 0 Å². The molecule has 1 N–H and O–H groups in total. The van der Waals surface area contributed by atoms with E-state index in [1.807, 2.05) is 44.2 Å². The van der Waals surface area contributed by atoms with E-state index in [0.29, 0.717) is 5.71 Å². The van der Waals surface area contributed by atoms with Gasteiger partial charge < -0.3 is 10.4 Å². The van der Waals surface area contributed by atoms with Gasteiger partial charge in [-0.2, -0.15) is 4.74 Å². The van der Waals surface area contributed by atoms with Crippen molar-refractivity contribution in [1.29, 1.82) is 0 Å². The van der Waals surface area contributed by atoms with Crippen molar-refractivity contribution in [2.45, 2.75) is 32.5 Å². The molecule has 0 saturated carbocycles. The van der Waals surface area contributed by atoms with Crippen molar-refractivity contribution in [3.05, 3.63) is 41.1 Å². The van der Waals surface area contributed by atoms with Gasteiger partial charge >= 0.3 is 0 Å². The van der Waals surface area contributed by atoms with Crippen molar-refractivity contribution in [2.24, 2.45) is 0 Å². The number of hydroxylamine groups is 3. The number of rotatable bonds is 1. The van der Waals surface area contributed by atoms with Crippen LogP contribution in [0.2, 0.25) is 0 Å². The zero-order chi connectivity index (χ0) is 11.9. The molecule has 4 heteroatoms. The van der Waals surface area contributed by atoms with E-state index < -0.39 is 11.7 Å². The Morgan fingerprint density at radius 2 is 1.88 bits per heavy atom. The van der Waals surface area contributed by atoms with Crippen molar-refractivity contribution in [1.82, 2.24) is 5.06 Å². The molecule has 1 atom stereocenters. The van der Waals surface area contributed by atoms with Crippen LogP contribution in [0.4, 0.5) is 0 Å². The molecular formula is C12H16N2O2. The lowest BCUT2D eigenvalue weighted by Crippen LogP contribution is -2.45. The molecule has 1 aromatic carbocycles. The lowest BCUT2D eigenvalue weighted by atomic mass is 9.93. The second kappa shape index (κ2) is 3.57. The van der Waals surface area contributed by atoms with Gasteiger partial charge in [0, 0.05) is 12.5 Å². The lowest BCUT2D eigenvalue weighted by molar-refractivity contribution is -0.531. The van der Waals surface area contributed by atoms with Crippen LogP contribution in [0.15, 0.2) is 30.3 Å². The Morgan fingerprint density at radius 3 is 2.31 bits per heavy atom. The van der Waals surface area contributed by atoms with Crippen LogP contribution in [0.25, 0.3) is 0 Å². The van der Waals surface area contributed by atoms with Crippen LogP contribution in [-0.4, -0.2) is 32.4 Å². The predicted octanol–water partition coefficient (Wildman–Crippen LogP) is 1.82. The predicted molar refractivity (Wildman–Crippen MR) is 61.3 cm³/mol. The lowest BCUT2D eigenvalue weighted by Gasteiger charge is -2.23. The Bertz CT molecular complexity index is 426. The fraction of sp³-hybridized carbons (Fsp3) is 0.417. The average molecular weight is 220 g/mol. The number of benzene rings is 1. The summed E-state index contributed by atoms with van der Waals surface area (Å²) in [6.45, 7) is 5.36. The molecule has 2 rings (SSSR count). The van der Waals surface area contributed by atoms with E-state index in [-0.39, 0.29) is 0 Å².